The molecule has 1 fully saturated rings. The molecule has 1 amide bonds. The van der Waals surface area contributed by atoms with E-state index < -0.39 is 30.3 Å². The zero-order valence-corrected chi connectivity index (χ0v) is 16.4. The fourth-order valence-electron chi connectivity index (χ4n) is 2.53. The monoisotopic (exact) mass is 437 g/mol. The Hall–Kier alpha value is -2.62. The van der Waals surface area contributed by atoms with Crippen LogP contribution in [0.1, 0.15) is 12.2 Å². The summed E-state index contributed by atoms with van der Waals surface area (Å²) >= 11 is 11.8. The Labute approximate surface area is 173 Å². The lowest BCUT2D eigenvalue weighted by atomic mass is 10.2. The largest absolute Gasteiger partial charge is 0.481 e. The van der Waals surface area contributed by atoms with E-state index in [0.717, 1.165) is 22.2 Å². The molecule has 0 saturated carbocycles. The maximum Gasteiger partial charge on any atom is 0.327 e. The van der Waals surface area contributed by atoms with E-state index >= 15 is 0 Å². The molecule has 1 aromatic heterocycles. The van der Waals surface area contributed by atoms with Gasteiger partial charge in [-0.1, -0.05) is 35.6 Å². The number of thiocarbonyl (C=S) groups is 1. The number of thioether (sulfide) groups is 1. The molecule has 2 heterocycles. The molecule has 0 spiro atoms. The van der Waals surface area contributed by atoms with Gasteiger partial charge in [-0.25, -0.2) is 4.79 Å². The van der Waals surface area contributed by atoms with Gasteiger partial charge in [0, 0.05) is 16.7 Å². The molecule has 2 aromatic rings. The SMILES string of the molecule is O=C(O)CC(C(=O)O)N1C(=O)/C(=C/c2ccc(-c3ccc(Cl)cc3)o2)SC1=S. The molecule has 3 rings (SSSR count). The van der Waals surface area contributed by atoms with E-state index in [1.54, 1.807) is 36.4 Å². The van der Waals surface area contributed by atoms with Gasteiger partial charge in [0.25, 0.3) is 5.91 Å². The van der Waals surface area contributed by atoms with Gasteiger partial charge >= 0.3 is 11.9 Å². The molecule has 0 bridgehead atoms. The quantitative estimate of drug-likeness (QED) is 0.520. The summed E-state index contributed by atoms with van der Waals surface area (Å²) in [5, 5.41) is 18.8. The van der Waals surface area contributed by atoms with Crippen LogP contribution in [0.25, 0.3) is 17.4 Å². The van der Waals surface area contributed by atoms with Gasteiger partial charge in [0.15, 0.2) is 0 Å². The molecular formula is C18H12ClNO6S2. The van der Waals surface area contributed by atoms with Crippen molar-refractivity contribution in [1.82, 2.24) is 4.90 Å². The van der Waals surface area contributed by atoms with E-state index in [9.17, 15) is 19.5 Å². The average Bonchev–Trinajstić information content (AvgIpc) is 3.19. The molecule has 1 aliphatic rings. The molecule has 2 N–H and O–H groups in total. The number of furan rings is 1. The lowest BCUT2D eigenvalue weighted by molar-refractivity contribution is -0.150. The first-order valence-electron chi connectivity index (χ1n) is 7.83. The molecule has 1 aliphatic heterocycles. The van der Waals surface area contributed by atoms with Gasteiger partial charge < -0.3 is 14.6 Å². The van der Waals surface area contributed by atoms with Gasteiger partial charge in [0.1, 0.15) is 21.9 Å². The number of amides is 1. The summed E-state index contributed by atoms with van der Waals surface area (Å²) < 4.78 is 5.69. The molecule has 1 atom stereocenters. The summed E-state index contributed by atoms with van der Waals surface area (Å²) in [7, 11) is 0. The van der Waals surface area contributed by atoms with Crippen LogP contribution in [-0.4, -0.2) is 43.3 Å². The third-order valence-corrected chi connectivity index (χ3v) is 5.40. The normalized spacial score (nSPS) is 16.6. The summed E-state index contributed by atoms with van der Waals surface area (Å²) in [6.07, 6.45) is 0.689. The lowest BCUT2D eigenvalue weighted by Crippen LogP contribution is -2.45. The molecule has 1 aromatic carbocycles. The van der Waals surface area contributed by atoms with Crippen molar-refractivity contribution in [2.24, 2.45) is 0 Å². The van der Waals surface area contributed by atoms with Gasteiger partial charge in [-0.15, -0.1) is 0 Å². The minimum atomic E-state index is -1.57. The van der Waals surface area contributed by atoms with Crippen molar-refractivity contribution in [2.45, 2.75) is 12.5 Å². The van der Waals surface area contributed by atoms with Crippen LogP contribution < -0.4 is 0 Å². The van der Waals surface area contributed by atoms with Crippen molar-refractivity contribution < 1.29 is 29.0 Å². The van der Waals surface area contributed by atoms with Crippen LogP contribution in [0.5, 0.6) is 0 Å². The molecular weight excluding hydrogens is 426 g/mol. The van der Waals surface area contributed by atoms with Crippen LogP contribution >= 0.6 is 35.6 Å². The van der Waals surface area contributed by atoms with Crippen molar-refractivity contribution in [3.05, 3.63) is 52.1 Å². The molecule has 7 nitrogen and oxygen atoms in total. The van der Waals surface area contributed by atoms with Crippen LogP contribution in [0.4, 0.5) is 0 Å². The second-order valence-corrected chi connectivity index (χ2v) is 7.82. The molecule has 10 heteroatoms. The Bertz CT molecular complexity index is 998. The maximum absolute atomic E-state index is 12.6. The first kappa shape index (κ1) is 20.1. The van der Waals surface area contributed by atoms with Gasteiger partial charge in [0.2, 0.25) is 0 Å². The number of hydrogen-bond donors (Lipinski definition) is 2. The van der Waals surface area contributed by atoms with E-state index in [1.807, 2.05) is 0 Å². The van der Waals surface area contributed by atoms with E-state index in [1.165, 1.54) is 6.08 Å². The number of aliphatic carboxylic acids is 2. The number of nitrogens with zero attached hydrogens (tertiary/aromatic N) is 1. The highest BCUT2D eigenvalue weighted by Crippen LogP contribution is 2.35. The topological polar surface area (TPSA) is 108 Å². The van der Waals surface area contributed by atoms with Crippen molar-refractivity contribution >= 4 is 63.8 Å². The first-order valence-corrected chi connectivity index (χ1v) is 9.44. The van der Waals surface area contributed by atoms with Crippen molar-refractivity contribution in [3.63, 3.8) is 0 Å². The third kappa shape index (κ3) is 4.27. The minimum absolute atomic E-state index is 0.0191. The average molecular weight is 438 g/mol. The van der Waals surface area contributed by atoms with E-state index in [-0.39, 0.29) is 9.23 Å². The second-order valence-electron chi connectivity index (χ2n) is 5.71. The molecule has 0 aliphatic carbocycles. The molecule has 1 saturated heterocycles. The summed E-state index contributed by atoms with van der Waals surface area (Å²) in [6, 6.07) is 8.82. The highest BCUT2D eigenvalue weighted by atomic mass is 35.5. The maximum atomic E-state index is 12.6. The predicted octanol–water partition coefficient (Wildman–Crippen LogP) is 3.73. The number of carbonyl (C=O) groups excluding carboxylic acids is 1. The van der Waals surface area contributed by atoms with E-state index in [2.05, 4.69) is 0 Å². The van der Waals surface area contributed by atoms with Crippen LogP contribution in [0, 0.1) is 0 Å². The Kier molecular flexibility index (Phi) is 5.87. The smallest absolute Gasteiger partial charge is 0.327 e. The second kappa shape index (κ2) is 8.17. The van der Waals surface area contributed by atoms with Crippen molar-refractivity contribution in [3.8, 4) is 11.3 Å². The lowest BCUT2D eigenvalue weighted by Gasteiger charge is -2.21. The Morgan fingerprint density at radius 2 is 1.89 bits per heavy atom. The van der Waals surface area contributed by atoms with Crippen LogP contribution in [-0.2, 0) is 14.4 Å². The van der Waals surface area contributed by atoms with Crippen molar-refractivity contribution in [2.75, 3.05) is 0 Å². The van der Waals surface area contributed by atoms with Crippen LogP contribution in [0.3, 0.4) is 0 Å². The highest BCUT2D eigenvalue weighted by Gasteiger charge is 2.41. The number of benzene rings is 1. The Balaban J connectivity index is 1.85. The van der Waals surface area contributed by atoms with E-state index in [4.69, 9.17) is 33.3 Å². The fourth-order valence-corrected chi connectivity index (χ4v) is 3.99. The minimum Gasteiger partial charge on any atom is -0.481 e. The van der Waals surface area contributed by atoms with Gasteiger partial charge in [0.05, 0.1) is 11.3 Å². The summed E-state index contributed by atoms with van der Waals surface area (Å²) in [5.74, 6) is -2.52. The fraction of sp³-hybridized carbons (Fsp3) is 0.111. The van der Waals surface area contributed by atoms with Crippen LogP contribution in [0.15, 0.2) is 45.7 Å². The number of halogens is 1. The number of carbonyl (C=O) groups is 3. The highest BCUT2D eigenvalue weighted by molar-refractivity contribution is 8.26. The van der Waals surface area contributed by atoms with Crippen LogP contribution in [0.2, 0.25) is 5.02 Å². The third-order valence-electron chi connectivity index (χ3n) is 3.82. The Morgan fingerprint density at radius 1 is 1.21 bits per heavy atom. The molecule has 28 heavy (non-hydrogen) atoms. The van der Waals surface area contributed by atoms with Crippen molar-refractivity contribution in [1.29, 1.82) is 0 Å². The zero-order valence-electron chi connectivity index (χ0n) is 14.0. The predicted molar refractivity (Wildman–Crippen MR) is 108 cm³/mol. The number of rotatable bonds is 6. The summed E-state index contributed by atoms with van der Waals surface area (Å²) in [4.78, 5) is 35.9. The summed E-state index contributed by atoms with van der Waals surface area (Å²) in [6.45, 7) is 0. The summed E-state index contributed by atoms with van der Waals surface area (Å²) in [5.41, 5.74) is 0.795. The van der Waals surface area contributed by atoms with E-state index in [0.29, 0.717) is 16.5 Å². The number of carboxylic acids is 2. The van der Waals surface area contributed by atoms with Gasteiger partial charge in [-0.2, -0.15) is 0 Å². The standard InChI is InChI=1S/C18H12ClNO6S2/c19-10-3-1-9(2-4-10)13-6-5-11(26-13)7-14-16(23)20(18(27)28-14)12(17(24)25)8-15(21)22/h1-7,12H,8H2,(H,21,22)(H,24,25)/b14-7-. The number of hydrogen-bond acceptors (Lipinski definition) is 6. The molecule has 1 unspecified atom stereocenters. The van der Waals surface area contributed by atoms with Gasteiger partial charge in [-0.05, 0) is 36.4 Å². The molecule has 144 valence electrons. The first-order chi connectivity index (χ1) is 13.3. The Morgan fingerprint density at radius 3 is 2.50 bits per heavy atom. The zero-order chi connectivity index (χ0) is 20.4. The van der Waals surface area contributed by atoms with Gasteiger partial charge in [-0.3, -0.25) is 14.5 Å². The number of carboxylic acid groups (broad SMARTS) is 2. The molecule has 0 radical (unpaired) electrons.